The predicted octanol–water partition coefficient (Wildman–Crippen LogP) is 2.58. The van der Waals surface area contributed by atoms with Gasteiger partial charge in [-0.05, 0) is 45.1 Å². The second-order valence-electron chi connectivity index (χ2n) is 4.80. The van der Waals surface area contributed by atoms with Crippen molar-refractivity contribution >= 4 is 0 Å². The van der Waals surface area contributed by atoms with Gasteiger partial charge in [0.2, 0.25) is 0 Å². The van der Waals surface area contributed by atoms with Crippen molar-refractivity contribution in [2.24, 2.45) is 5.41 Å². The van der Waals surface area contributed by atoms with Crippen molar-refractivity contribution < 1.29 is 4.74 Å². The molecule has 0 aromatic rings. The van der Waals surface area contributed by atoms with Crippen molar-refractivity contribution in [2.45, 2.75) is 52.6 Å². The normalized spacial score (nSPS) is 19.7. The molecule has 0 unspecified atom stereocenters. The first-order chi connectivity index (χ1) is 6.68. The van der Waals surface area contributed by atoms with E-state index in [2.05, 4.69) is 26.1 Å². The Kier molecular flexibility index (Phi) is 4.90. The number of hydrogen-bond donors (Lipinski definition) is 1. The van der Waals surface area contributed by atoms with Crippen molar-refractivity contribution in [1.29, 1.82) is 0 Å². The number of hydrogen-bond acceptors (Lipinski definition) is 2. The van der Waals surface area contributed by atoms with Crippen molar-refractivity contribution in [1.82, 2.24) is 5.32 Å². The van der Waals surface area contributed by atoms with E-state index >= 15 is 0 Å². The summed E-state index contributed by atoms with van der Waals surface area (Å²) < 4.78 is 5.63. The lowest BCUT2D eigenvalue weighted by Gasteiger charge is -2.42. The van der Waals surface area contributed by atoms with Crippen molar-refractivity contribution in [3.05, 3.63) is 0 Å². The summed E-state index contributed by atoms with van der Waals surface area (Å²) in [7, 11) is 0. The first kappa shape index (κ1) is 12.0. The molecule has 1 rings (SSSR count). The SMILES string of the molecule is CCNCC1(CCOC(C)C)CCC1. The maximum absolute atomic E-state index is 5.63. The molecule has 0 aliphatic heterocycles. The molecule has 0 radical (unpaired) electrons. The van der Waals surface area contributed by atoms with Crippen LogP contribution in [-0.4, -0.2) is 25.8 Å². The highest BCUT2D eigenvalue weighted by Crippen LogP contribution is 2.43. The zero-order chi connectivity index (χ0) is 10.4. The van der Waals surface area contributed by atoms with Crippen LogP contribution in [0, 0.1) is 5.41 Å². The molecule has 0 spiro atoms. The maximum Gasteiger partial charge on any atom is 0.0518 e. The summed E-state index contributed by atoms with van der Waals surface area (Å²) in [5.41, 5.74) is 0.574. The summed E-state index contributed by atoms with van der Waals surface area (Å²) in [5.74, 6) is 0. The molecule has 0 aromatic heterocycles. The lowest BCUT2D eigenvalue weighted by Crippen LogP contribution is -2.40. The van der Waals surface area contributed by atoms with Gasteiger partial charge in [0.1, 0.15) is 0 Å². The van der Waals surface area contributed by atoms with Crippen molar-refractivity contribution in [3.63, 3.8) is 0 Å². The summed E-state index contributed by atoms with van der Waals surface area (Å²) in [4.78, 5) is 0. The fourth-order valence-electron chi connectivity index (χ4n) is 2.09. The van der Waals surface area contributed by atoms with Gasteiger partial charge < -0.3 is 10.1 Å². The van der Waals surface area contributed by atoms with Crippen LogP contribution in [0.4, 0.5) is 0 Å². The number of nitrogens with one attached hydrogen (secondary N) is 1. The topological polar surface area (TPSA) is 21.3 Å². The molecule has 1 N–H and O–H groups in total. The van der Waals surface area contributed by atoms with E-state index in [9.17, 15) is 0 Å². The molecule has 0 bridgehead atoms. The maximum atomic E-state index is 5.63. The Balaban J connectivity index is 2.16. The van der Waals surface area contributed by atoms with Gasteiger partial charge >= 0.3 is 0 Å². The van der Waals surface area contributed by atoms with Crippen LogP contribution in [0.2, 0.25) is 0 Å². The minimum absolute atomic E-state index is 0.381. The summed E-state index contributed by atoms with van der Waals surface area (Å²) in [5, 5.41) is 3.47. The van der Waals surface area contributed by atoms with Gasteiger partial charge in [-0.2, -0.15) is 0 Å². The molecular weight excluding hydrogens is 174 g/mol. The molecule has 84 valence electrons. The highest BCUT2D eigenvalue weighted by Gasteiger charge is 2.35. The second kappa shape index (κ2) is 5.72. The van der Waals surface area contributed by atoms with E-state index in [1.165, 1.54) is 32.2 Å². The minimum atomic E-state index is 0.381. The van der Waals surface area contributed by atoms with E-state index < -0.39 is 0 Å². The molecule has 1 fully saturated rings. The third-order valence-electron chi connectivity index (χ3n) is 3.25. The van der Waals surface area contributed by atoms with E-state index in [0.29, 0.717) is 11.5 Å². The van der Waals surface area contributed by atoms with Crippen LogP contribution in [-0.2, 0) is 4.74 Å². The second-order valence-corrected chi connectivity index (χ2v) is 4.80. The van der Waals surface area contributed by atoms with Gasteiger partial charge in [-0.1, -0.05) is 13.3 Å². The minimum Gasteiger partial charge on any atom is -0.379 e. The van der Waals surface area contributed by atoms with E-state index in [0.717, 1.165) is 13.2 Å². The molecule has 0 saturated heterocycles. The molecule has 0 amide bonds. The Morgan fingerprint density at radius 3 is 2.50 bits per heavy atom. The van der Waals surface area contributed by atoms with Crippen LogP contribution >= 0.6 is 0 Å². The van der Waals surface area contributed by atoms with Gasteiger partial charge in [0, 0.05) is 13.2 Å². The van der Waals surface area contributed by atoms with Crippen LogP contribution < -0.4 is 5.32 Å². The Morgan fingerprint density at radius 1 is 1.36 bits per heavy atom. The quantitative estimate of drug-likeness (QED) is 0.680. The highest BCUT2D eigenvalue weighted by molar-refractivity contribution is 4.89. The van der Waals surface area contributed by atoms with Crippen molar-refractivity contribution in [3.8, 4) is 0 Å². The van der Waals surface area contributed by atoms with Gasteiger partial charge in [-0.3, -0.25) is 0 Å². The van der Waals surface area contributed by atoms with Crippen LogP contribution in [0.25, 0.3) is 0 Å². The molecule has 1 aliphatic rings. The highest BCUT2D eigenvalue weighted by atomic mass is 16.5. The van der Waals surface area contributed by atoms with Gasteiger partial charge in [-0.25, -0.2) is 0 Å². The van der Waals surface area contributed by atoms with Gasteiger partial charge in [0.15, 0.2) is 0 Å². The van der Waals surface area contributed by atoms with Crippen LogP contribution in [0.15, 0.2) is 0 Å². The molecule has 0 aromatic carbocycles. The zero-order valence-electron chi connectivity index (χ0n) is 9.94. The van der Waals surface area contributed by atoms with Crippen molar-refractivity contribution in [2.75, 3.05) is 19.7 Å². The molecule has 0 heterocycles. The summed E-state index contributed by atoms with van der Waals surface area (Å²) >= 11 is 0. The average molecular weight is 199 g/mol. The van der Waals surface area contributed by atoms with Gasteiger partial charge in [-0.15, -0.1) is 0 Å². The van der Waals surface area contributed by atoms with Crippen LogP contribution in [0.3, 0.4) is 0 Å². The van der Waals surface area contributed by atoms with Crippen LogP contribution in [0.1, 0.15) is 46.5 Å². The Hall–Kier alpha value is -0.0800. The first-order valence-corrected chi connectivity index (χ1v) is 6.01. The Bertz CT molecular complexity index is 152. The fourth-order valence-corrected chi connectivity index (χ4v) is 2.09. The lowest BCUT2D eigenvalue weighted by molar-refractivity contribution is 0.0234. The molecular formula is C12H25NO. The average Bonchev–Trinajstić information content (AvgIpc) is 2.07. The Labute approximate surface area is 88.4 Å². The summed E-state index contributed by atoms with van der Waals surface area (Å²) in [6.07, 6.45) is 5.81. The van der Waals surface area contributed by atoms with E-state index in [4.69, 9.17) is 4.74 Å². The van der Waals surface area contributed by atoms with Gasteiger partial charge in [0.25, 0.3) is 0 Å². The summed E-state index contributed by atoms with van der Waals surface area (Å²) in [6.45, 7) is 9.60. The molecule has 2 nitrogen and oxygen atoms in total. The van der Waals surface area contributed by atoms with Gasteiger partial charge in [0.05, 0.1) is 6.10 Å². The molecule has 2 heteroatoms. The third-order valence-corrected chi connectivity index (χ3v) is 3.25. The zero-order valence-corrected chi connectivity index (χ0v) is 9.94. The number of rotatable bonds is 7. The van der Waals surface area contributed by atoms with E-state index in [1.807, 2.05) is 0 Å². The predicted molar refractivity (Wildman–Crippen MR) is 60.5 cm³/mol. The van der Waals surface area contributed by atoms with Crippen LogP contribution in [0.5, 0.6) is 0 Å². The molecule has 14 heavy (non-hydrogen) atoms. The molecule has 1 aliphatic carbocycles. The third kappa shape index (κ3) is 3.58. The van der Waals surface area contributed by atoms with E-state index in [-0.39, 0.29) is 0 Å². The molecule has 0 atom stereocenters. The fraction of sp³-hybridized carbons (Fsp3) is 1.00. The Morgan fingerprint density at radius 2 is 2.07 bits per heavy atom. The molecule has 1 saturated carbocycles. The summed E-state index contributed by atoms with van der Waals surface area (Å²) in [6, 6.07) is 0. The monoisotopic (exact) mass is 199 g/mol. The van der Waals surface area contributed by atoms with E-state index in [1.54, 1.807) is 0 Å². The standard InChI is InChI=1S/C12H25NO/c1-4-13-10-12(6-5-7-12)8-9-14-11(2)3/h11,13H,4-10H2,1-3H3. The lowest BCUT2D eigenvalue weighted by atomic mass is 9.67. The largest absolute Gasteiger partial charge is 0.379 e. The number of ether oxygens (including phenoxy) is 1. The smallest absolute Gasteiger partial charge is 0.0518 e. The first-order valence-electron chi connectivity index (χ1n) is 6.01.